The molecule has 1 aromatic rings. The zero-order chi connectivity index (χ0) is 13.1. The van der Waals surface area contributed by atoms with Gasteiger partial charge in [-0.05, 0) is 46.8 Å². The van der Waals surface area contributed by atoms with Gasteiger partial charge in [0.25, 0.3) is 0 Å². The van der Waals surface area contributed by atoms with Gasteiger partial charge in [0.15, 0.2) is 0 Å². The molecule has 2 rings (SSSR count). The lowest BCUT2D eigenvalue weighted by Gasteiger charge is -2.22. The second-order valence-electron chi connectivity index (χ2n) is 4.80. The van der Waals surface area contributed by atoms with Gasteiger partial charge < -0.3 is 15.2 Å². The smallest absolute Gasteiger partial charge is 0.133 e. The Morgan fingerprint density at radius 3 is 2.33 bits per heavy atom. The second-order valence-corrected chi connectivity index (χ2v) is 5.65. The average Bonchev–Trinajstić information content (AvgIpc) is 2.91. The third-order valence-electron chi connectivity index (χ3n) is 3.77. The van der Waals surface area contributed by atoms with E-state index in [4.69, 9.17) is 15.2 Å². The Morgan fingerprint density at radius 1 is 1.17 bits per heavy atom. The summed E-state index contributed by atoms with van der Waals surface area (Å²) in [5.74, 6) is 2.20. The average molecular weight is 314 g/mol. The fraction of sp³-hybridized carbons (Fsp3) is 0.571. The van der Waals surface area contributed by atoms with Gasteiger partial charge in [0.1, 0.15) is 11.5 Å². The molecule has 18 heavy (non-hydrogen) atoms. The summed E-state index contributed by atoms with van der Waals surface area (Å²) in [4.78, 5) is 0. The van der Waals surface area contributed by atoms with E-state index in [-0.39, 0.29) is 6.04 Å². The molecular formula is C14H20BrNO2. The highest BCUT2D eigenvalue weighted by Gasteiger charge is 2.26. The summed E-state index contributed by atoms with van der Waals surface area (Å²) in [6, 6.07) is 3.96. The molecule has 1 aliphatic carbocycles. The van der Waals surface area contributed by atoms with Gasteiger partial charge in [0, 0.05) is 11.6 Å². The number of benzene rings is 1. The summed E-state index contributed by atoms with van der Waals surface area (Å²) in [6.45, 7) is 0. The van der Waals surface area contributed by atoms with E-state index < -0.39 is 0 Å². The monoisotopic (exact) mass is 313 g/mol. The molecule has 0 radical (unpaired) electrons. The Kier molecular flexibility index (Phi) is 4.51. The molecule has 100 valence electrons. The summed E-state index contributed by atoms with van der Waals surface area (Å²) >= 11 is 3.47. The Balaban J connectivity index is 2.34. The molecular weight excluding hydrogens is 294 g/mol. The van der Waals surface area contributed by atoms with Crippen LogP contribution in [0.4, 0.5) is 0 Å². The zero-order valence-corrected chi connectivity index (χ0v) is 12.5. The summed E-state index contributed by atoms with van der Waals surface area (Å²) in [6.07, 6.45) is 4.99. The summed E-state index contributed by atoms with van der Waals surface area (Å²) in [5, 5.41) is 0. The normalized spacial score (nSPS) is 17.8. The molecule has 1 aliphatic rings. The molecule has 0 bridgehead atoms. The largest absolute Gasteiger partial charge is 0.496 e. The minimum atomic E-state index is 0.0319. The lowest BCUT2D eigenvalue weighted by Crippen LogP contribution is -2.20. The molecule has 4 heteroatoms. The maximum atomic E-state index is 6.40. The number of halogens is 1. The van der Waals surface area contributed by atoms with Crippen LogP contribution in [0.5, 0.6) is 11.5 Å². The van der Waals surface area contributed by atoms with Gasteiger partial charge in [0.05, 0.1) is 18.7 Å². The van der Waals surface area contributed by atoms with Crippen LogP contribution in [0.2, 0.25) is 0 Å². The van der Waals surface area contributed by atoms with Crippen LogP contribution in [0, 0.1) is 5.92 Å². The van der Waals surface area contributed by atoms with E-state index in [0.717, 1.165) is 21.5 Å². The standard InChI is InChI=1S/C14H20BrNO2/c1-17-12-8-11(15)13(18-2)7-10(12)14(16)9-5-3-4-6-9/h7-9,14H,3-6,16H2,1-2H3/t14-/m1/s1. The first-order chi connectivity index (χ1) is 8.67. The molecule has 0 saturated heterocycles. The molecule has 1 fully saturated rings. The third kappa shape index (κ3) is 2.64. The minimum Gasteiger partial charge on any atom is -0.496 e. The van der Waals surface area contributed by atoms with Gasteiger partial charge in [-0.3, -0.25) is 0 Å². The van der Waals surface area contributed by atoms with Crippen molar-refractivity contribution in [2.24, 2.45) is 11.7 Å². The first-order valence-electron chi connectivity index (χ1n) is 6.34. The minimum absolute atomic E-state index is 0.0319. The lowest BCUT2D eigenvalue weighted by atomic mass is 9.92. The number of nitrogens with two attached hydrogens (primary N) is 1. The van der Waals surface area contributed by atoms with Gasteiger partial charge >= 0.3 is 0 Å². The van der Waals surface area contributed by atoms with E-state index in [1.165, 1.54) is 25.7 Å². The van der Waals surface area contributed by atoms with Crippen LogP contribution >= 0.6 is 15.9 Å². The Hall–Kier alpha value is -0.740. The van der Waals surface area contributed by atoms with Crippen molar-refractivity contribution in [2.75, 3.05) is 14.2 Å². The number of hydrogen-bond donors (Lipinski definition) is 1. The van der Waals surface area contributed by atoms with Crippen LogP contribution in [0.25, 0.3) is 0 Å². The van der Waals surface area contributed by atoms with E-state index in [1.54, 1.807) is 14.2 Å². The van der Waals surface area contributed by atoms with Crippen LogP contribution in [-0.2, 0) is 0 Å². The fourth-order valence-electron chi connectivity index (χ4n) is 2.72. The molecule has 1 aromatic carbocycles. The van der Waals surface area contributed by atoms with Gasteiger partial charge in [-0.25, -0.2) is 0 Å². The third-order valence-corrected chi connectivity index (χ3v) is 4.39. The number of methoxy groups -OCH3 is 2. The Labute approximate surface area is 117 Å². The van der Waals surface area contributed by atoms with Crippen molar-refractivity contribution in [3.8, 4) is 11.5 Å². The molecule has 1 saturated carbocycles. The summed E-state index contributed by atoms with van der Waals surface area (Å²) < 4.78 is 11.7. The van der Waals surface area contributed by atoms with E-state index in [1.807, 2.05) is 12.1 Å². The first kappa shape index (κ1) is 13.7. The van der Waals surface area contributed by atoms with Gasteiger partial charge in [-0.15, -0.1) is 0 Å². The molecule has 3 nitrogen and oxygen atoms in total. The highest BCUT2D eigenvalue weighted by Crippen LogP contribution is 2.41. The van der Waals surface area contributed by atoms with Gasteiger partial charge in [0.2, 0.25) is 0 Å². The molecule has 0 amide bonds. The van der Waals surface area contributed by atoms with Crippen LogP contribution in [0.3, 0.4) is 0 Å². The van der Waals surface area contributed by atoms with Crippen LogP contribution in [-0.4, -0.2) is 14.2 Å². The zero-order valence-electron chi connectivity index (χ0n) is 10.9. The quantitative estimate of drug-likeness (QED) is 0.922. The summed E-state index contributed by atoms with van der Waals surface area (Å²) in [5.41, 5.74) is 7.45. The van der Waals surface area contributed by atoms with E-state index >= 15 is 0 Å². The molecule has 2 N–H and O–H groups in total. The first-order valence-corrected chi connectivity index (χ1v) is 7.13. The molecule has 0 unspecified atom stereocenters. The van der Waals surface area contributed by atoms with Crippen LogP contribution < -0.4 is 15.2 Å². The van der Waals surface area contributed by atoms with Crippen LogP contribution in [0.1, 0.15) is 37.3 Å². The lowest BCUT2D eigenvalue weighted by molar-refractivity contribution is 0.376. The number of hydrogen-bond acceptors (Lipinski definition) is 3. The molecule has 0 aliphatic heterocycles. The molecule has 0 heterocycles. The van der Waals surface area contributed by atoms with Crippen molar-refractivity contribution in [3.05, 3.63) is 22.2 Å². The molecule has 0 aromatic heterocycles. The highest BCUT2D eigenvalue weighted by molar-refractivity contribution is 9.10. The number of rotatable bonds is 4. The van der Waals surface area contributed by atoms with E-state index in [0.29, 0.717) is 5.92 Å². The van der Waals surface area contributed by atoms with Crippen molar-refractivity contribution in [1.82, 2.24) is 0 Å². The van der Waals surface area contributed by atoms with Crippen molar-refractivity contribution in [3.63, 3.8) is 0 Å². The van der Waals surface area contributed by atoms with E-state index in [2.05, 4.69) is 15.9 Å². The maximum Gasteiger partial charge on any atom is 0.133 e. The van der Waals surface area contributed by atoms with E-state index in [9.17, 15) is 0 Å². The van der Waals surface area contributed by atoms with Crippen molar-refractivity contribution in [1.29, 1.82) is 0 Å². The number of ether oxygens (including phenoxy) is 2. The maximum absolute atomic E-state index is 6.40. The predicted molar refractivity (Wildman–Crippen MR) is 76.1 cm³/mol. The Morgan fingerprint density at radius 2 is 1.78 bits per heavy atom. The van der Waals surface area contributed by atoms with Crippen LogP contribution in [0.15, 0.2) is 16.6 Å². The topological polar surface area (TPSA) is 44.5 Å². The highest BCUT2D eigenvalue weighted by atomic mass is 79.9. The molecule has 0 spiro atoms. The predicted octanol–water partition coefficient (Wildman–Crippen LogP) is 3.66. The SMILES string of the molecule is COc1cc([C@H](N)C2CCCC2)c(OC)cc1Br. The van der Waals surface area contributed by atoms with Crippen molar-refractivity contribution in [2.45, 2.75) is 31.7 Å². The fourth-order valence-corrected chi connectivity index (χ4v) is 3.20. The second kappa shape index (κ2) is 5.93. The Bertz CT molecular complexity index is 417. The molecule has 1 atom stereocenters. The van der Waals surface area contributed by atoms with Gasteiger partial charge in [-0.1, -0.05) is 12.8 Å². The van der Waals surface area contributed by atoms with Crippen molar-refractivity contribution < 1.29 is 9.47 Å². The van der Waals surface area contributed by atoms with Gasteiger partial charge in [-0.2, -0.15) is 0 Å². The van der Waals surface area contributed by atoms with Crippen molar-refractivity contribution >= 4 is 15.9 Å². The summed E-state index contributed by atoms with van der Waals surface area (Å²) in [7, 11) is 3.34.